The molecule has 0 atom stereocenters. The maximum atomic E-state index is 13.3. The summed E-state index contributed by atoms with van der Waals surface area (Å²) in [7, 11) is 0. The van der Waals surface area contributed by atoms with Gasteiger partial charge in [-0.25, -0.2) is 0 Å². The number of benzene rings is 2. The van der Waals surface area contributed by atoms with Crippen molar-refractivity contribution in [2.75, 3.05) is 24.7 Å². The number of halogens is 2. The molecule has 29 heavy (non-hydrogen) atoms. The number of carbonyl (C=O) groups is 2. The molecular formula is C22H19Cl2NO4. The zero-order chi connectivity index (χ0) is 20.2. The second-order valence-corrected chi connectivity index (χ2v) is 8.56. The molecule has 2 aliphatic heterocycles. The van der Waals surface area contributed by atoms with Crippen molar-refractivity contribution < 1.29 is 19.1 Å². The van der Waals surface area contributed by atoms with Crippen molar-refractivity contribution in [3.8, 4) is 0 Å². The summed E-state index contributed by atoms with van der Waals surface area (Å²) in [5, 5.41) is 0.756. The van der Waals surface area contributed by atoms with E-state index in [0.29, 0.717) is 52.4 Å². The van der Waals surface area contributed by atoms with Crippen molar-refractivity contribution >= 4 is 40.6 Å². The zero-order valence-corrected chi connectivity index (χ0v) is 17.1. The van der Waals surface area contributed by atoms with E-state index in [1.165, 1.54) is 0 Å². The van der Waals surface area contributed by atoms with Gasteiger partial charge in [0.15, 0.2) is 5.78 Å². The Morgan fingerprint density at radius 1 is 1.10 bits per heavy atom. The number of amides is 1. The molecule has 0 unspecified atom stereocenters. The third kappa shape index (κ3) is 3.17. The maximum absolute atomic E-state index is 13.3. The molecule has 7 heteroatoms. The summed E-state index contributed by atoms with van der Waals surface area (Å²) in [5.74, 6) is -1.42. The Morgan fingerprint density at radius 2 is 1.86 bits per heavy atom. The van der Waals surface area contributed by atoms with Crippen LogP contribution in [0.3, 0.4) is 0 Å². The first kappa shape index (κ1) is 19.1. The van der Waals surface area contributed by atoms with Crippen LogP contribution in [0.1, 0.15) is 40.7 Å². The third-order valence-corrected chi connectivity index (χ3v) is 6.21. The van der Waals surface area contributed by atoms with Gasteiger partial charge in [0.2, 0.25) is 0 Å². The van der Waals surface area contributed by atoms with Crippen molar-refractivity contribution in [3.05, 3.63) is 63.1 Å². The fourth-order valence-corrected chi connectivity index (χ4v) is 4.33. The van der Waals surface area contributed by atoms with Crippen LogP contribution in [0, 0.1) is 5.92 Å². The minimum Gasteiger partial charge on any atom is -0.338 e. The summed E-state index contributed by atoms with van der Waals surface area (Å²) in [6.07, 6.45) is 2.97. The maximum Gasteiger partial charge on any atom is 0.292 e. The first-order valence-electron chi connectivity index (χ1n) is 9.74. The van der Waals surface area contributed by atoms with Crippen molar-refractivity contribution in [2.45, 2.75) is 25.0 Å². The normalized spacial score (nSPS) is 20.2. The molecule has 1 spiro atoms. The Hall–Kier alpha value is -1.92. The smallest absolute Gasteiger partial charge is 0.292 e. The van der Waals surface area contributed by atoms with Crippen LogP contribution in [0.15, 0.2) is 36.4 Å². The van der Waals surface area contributed by atoms with Gasteiger partial charge in [-0.3, -0.25) is 9.59 Å². The number of rotatable bonds is 4. The molecule has 3 aliphatic rings. The van der Waals surface area contributed by atoms with E-state index in [1.54, 1.807) is 41.3 Å². The van der Waals surface area contributed by atoms with Crippen molar-refractivity contribution in [2.24, 2.45) is 5.92 Å². The molecule has 2 aromatic carbocycles. The van der Waals surface area contributed by atoms with Crippen LogP contribution in [0.4, 0.5) is 5.69 Å². The summed E-state index contributed by atoms with van der Waals surface area (Å²) in [6, 6.07) is 10.00. The van der Waals surface area contributed by atoms with E-state index < -0.39 is 5.79 Å². The van der Waals surface area contributed by atoms with Gasteiger partial charge in [-0.15, -0.1) is 0 Å². The molecule has 5 rings (SSSR count). The lowest BCUT2D eigenvalue weighted by molar-refractivity contribution is -0.256. The van der Waals surface area contributed by atoms with Crippen molar-refractivity contribution in [3.63, 3.8) is 0 Å². The Bertz CT molecular complexity index is 1010. The molecule has 1 saturated carbocycles. The van der Waals surface area contributed by atoms with Crippen LogP contribution < -0.4 is 4.90 Å². The summed E-state index contributed by atoms with van der Waals surface area (Å²) in [5.41, 5.74) is 2.06. The molecule has 2 fully saturated rings. The van der Waals surface area contributed by atoms with Crippen LogP contribution in [-0.2, 0) is 20.1 Å². The molecule has 1 amide bonds. The van der Waals surface area contributed by atoms with Crippen LogP contribution >= 0.6 is 23.2 Å². The predicted molar refractivity (Wildman–Crippen MR) is 110 cm³/mol. The van der Waals surface area contributed by atoms with Crippen LogP contribution in [0.25, 0.3) is 0 Å². The van der Waals surface area contributed by atoms with Gasteiger partial charge in [0.05, 0.1) is 23.9 Å². The van der Waals surface area contributed by atoms with Crippen LogP contribution in [-0.4, -0.2) is 31.4 Å². The monoisotopic (exact) mass is 431 g/mol. The summed E-state index contributed by atoms with van der Waals surface area (Å²) in [6.45, 7) is 1.51. The van der Waals surface area contributed by atoms with Crippen LogP contribution in [0.5, 0.6) is 0 Å². The number of hydrogen-bond donors (Lipinski definition) is 0. The molecular weight excluding hydrogens is 413 g/mol. The highest BCUT2D eigenvalue weighted by Crippen LogP contribution is 2.47. The molecule has 1 aliphatic carbocycles. The van der Waals surface area contributed by atoms with E-state index >= 15 is 0 Å². The van der Waals surface area contributed by atoms with E-state index in [2.05, 4.69) is 0 Å². The Labute approximate surface area is 178 Å². The fraction of sp³-hybridized carbons (Fsp3) is 0.364. The second-order valence-electron chi connectivity index (χ2n) is 7.71. The van der Waals surface area contributed by atoms with E-state index in [1.807, 2.05) is 0 Å². The van der Waals surface area contributed by atoms with Gasteiger partial charge in [-0.1, -0.05) is 23.2 Å². The average molecular weight is 432 g/mol. The lowest BCUT2D eigenvalue weighted by atomic mass is 9.97. The molecule has 5 nitrogen and oxygen atoms in total. The average Bonchev–Trinajstić information content (AvgIpc) is 3.54. The lowest BCUT2D eigenvalue weighted by Gasteiger charge is -2.32. The first-order chi connectivity index (χ1) is 14.0. The number of anilines is 1. The molecule has 2 heterocycles. The van der Waals surface area contributed by atoms with E-state index in [0.717, 1.165) is 24.9 Å². The van der Waals surface area contributed by atoms with E-state index in [9.17, 15) is 9.59 Å². The van der Waals surface area contributed by atoms with Crippen LogP contribution in [0.2, 0.25) is 10.0 Å². The van der Waals surface area contributed by atoms with Crippen molar-refractivity contribution in [1.29, 1.82) is 0 Å². The van der Waals surface area contributed by atoms with Gasteiger partial charge in [0, 0.05) is 28.3 Å². The quantitative estimate of drug-likeness (QED) is 0.665. The van der Waals surface area contributed by atoms with Gasteiger partial charge in [-0.05, 0) is 61.6 Å². The second kappa shape index (κ2) is 7.10. The van der Waals surface area contributed by atoms with Gasteiger partial charge >= 0.3 is 0 Å². The number of carbonyl (C=O) groups excluding carboxylic acids is 2. The van der Waals surface area contributed by atoms with Gasteiger partial charge < -0.3 is 14.4 Å². The summed E-state index contributed by atoms with van der Waals surface area (Å²) in [4.78, 5) is 28.2. The predicted octanol–water partition coefficient (Wildman–Crippen LogP) is 4.57. The van der Waals surface area contributed by atoms with Gasteiger partial charge in [0.25, 0.3) is 11.7 Å². The number of hydrogen-bond acceptors (Lipinski definition) is 4. The fourth-order valence-electron chi connectivity index (χ4n) is 3.96. The van der Waals surface area contributed by atoms with Gasteiger partial charge in [0.1, 0.15) is 0 Å². The Morgan fingerprint density at radius 3 is 2.59 bits per heavy atom. The number of fused-ring (bicyclic) bond motifs is 2. The van der Waals surface area contributed by atoms with Gasteiger partial charge in [-0.2, -0.15) is 0 Å². The molecule has 0 aromatic heterocycles. The van der Waals surface area contributed by atoms with E-state index in [-0.39, 0.29) is 11.7 Å². The summed E-state index contributed by atoms with van der Waals surface area (Å²) < 4.78 is 11.8. The Balaban J connectivity index is 1.59. The summed E-state index contributed by atoms with van der Waals surface area (Å²) >= 11 is 12.3. The number of nitrogens with zero attached hydrogens (tertiary/aromatic N) is 1. The molecule has 0 N–H and O–H groups in total. The zero-order valence-electron chi connectivity index (χ0n) is 15.6. The minimum absolute atomic E-state index is 0.204. The largest absolute Gasteiger partial charge is 0.338 e. The highest BCUT2D eigenvalue weighted by atomic mass is 35.5. The molecule has 0 bridgehead atoms. The number of ether oxygens (including phenoxy) is 2. The standard InChI is InChI=1S/C22H19Cl2NO4/c23-15-5-6-18(24)16(11-15)20(26)14-4-7-19-17(10-14)22(28-8-1-9-29-22)21(27)25(19)12-13-2-3-13/h4-7,10-11,13H,1-3,8-9,12H2. The molecule has 150 valence electrons. The number of ketones is 1. The highest BCUT2D eigenvalue weighted by molar-refractivity contribution is 6.36. The van der Waals surface area contributed by atoms with Crippen molar-refractivity contribution in [1.82, 2.24) is 0 Å². The minimum atomic E-state index is -1.46. The van der Waals surface area contributed by atoms with E-state index in [4.69, 9.17) is 32.7 Å². The highest BCUT2D eigenvalue weighted by Gasteiger charge is 2.55. The molecule has 2 aromatic rings. The third-order valence-electron chi connectivity index (χ3n) is 5.64. The SMILES string of the molecule is O=C(c1ccc2c(c1)C1(OCCCO1)C(=O)N2CC1CC1)c1cc(Cl)ccc1Cl. The molecule has 0 radical (unpaired) electrons. The Kier molecular flexibility index (Phi) is 4.67. The topological polar surface area (TPSA) is 55.8 Å². The first-order valence-corrected chi connectivity index (χ1v) is 10.5. The molecule has 1 saturated heterocycles. The lowest BCUT2D eigenvalue weighted by Crippen LogP contribution is -2.47.